The van der Waals surface area contributed by atoms with E-state index in [9.17, 15) is 4.79 Å². The second-order valence-corrected chi connectivity index (χ2v) is 6.48. The van der Waals surface area contributed by atoms with Crippen molar-refractivity contribution in [1.82, 2.24) is 4.98 Å². The highest BCUT2D eigenvalue weighted by Gasteiger charge is 2.15. The summed E-state index contributed by atoms with van der Waals surface area (Å²) in [7, 11) is 1.50. The maximum absolute atomic E-state index is 11.8. The van der Waals surface area contributed by atoms with Crippen molar-refractivity contribution in [1.29, 1.82) is 0 Å². The summed E-state index contributed by atoms with van der Waals surface area (Å²) in [5.41, 5.74) is 7.98. The number of hydrogen-bond donors (Lipinski definition) is 2. The zero-order chi connectivity index (χ0) is 16.1. The van der Waals surface area contributed by atoms with Crippen LogP contribution in [-0.4, -0.2) is 30.6 Å². The van der Waals surface area contributed by atoms with Gasteiger partial charge < -0.3 is 15.8 Å². The molecule has 1 heterocycles. The molecular formula is C15H18ClN3O2S. The number of methoxy groups -OCH3 is 1. The Labute approximate surface area is 138 Å². The van der Waals surface area contributed by atoms with Crippen molar-refractivity contribution in [3.8, 4) is 0 Å². The smallest absolute Gasteiger partial charge is 0.245 e. The molecule has 1 atom stereocenters. The molecule has 1 amide bonds. The number of amides is 1. The van der Waals surface area contributed by atoms with E-state index in [1.807, 2.05) is 25.1 Å². The van der Waals surface area contributed by atoms with E-state index in [1.165, 1.54) is 24.0 Å². The molecule has 0 radical (unpaired) electrons. The minimum Gasteiger partial charge on any atom is -0.383 e. The summed E-state index contributed by atoms with van der Waals surface area (Å²) in [6.45, 7) is 2.20. The molecule has 2 aromatic rings. The highest BCUT2D eigenvalue weighted by molar-refractivity contribution is 7.15. The lowest BCUT2D eigenvalue weighted by molar-refractivity contribution is -0.118. The van der Waals surface area contributed by atoms with Crippen LogP contribution in [0.15, 0.2) is 24.4 Å². The first-order chi connectivity index (χ1) is 10.5. The quantitative estimate of drug-likeness (QED) is 0.848. The standard InChI is InChI=1S/C15H18ClN3O2S/c1-9-5-11(16)4-3-10(9)6-12-7-18-15(22-12)19-14(20)13(17)8-21-2/h3-5,7,13H,6,8,17H2,1-2H3,(H,18,19,20). The van der Waals surface area contributed by atoms with Gasteiger partial charge in [-0.2, -0.15) is 0 Å². The van der Waals surface area contributed by atoms with Crippen molar-refractivity contribution in [3.05, 3.63) is 45.4 Å². The summed E-state index contributed by atoms with van der Waals surface area (Å²) in [6, 6.07) is 5.11. The fraction of sp³-hybridized carbons (Fsp3) is 0.333. The Morgan fingerprint density at radius 2 is 2.32 bits per heavy atom. The zero-order valence-corrected chi connectivity index (χ0v) is 14.0. The Morgan fingerprint density at radius 1 is 1.55 bits per heavy atom. The van der Waals surface area contributed by atoms with Crippen LogP contribution in [0.3, 0.4) is 0 Å². The molecule has 118 valence electrons. The molecule has 1 aromatic carbocycles. The van der Waals surface area contributed by atoms with Gasteiger partial charge in [0.2, 0.25) is 5.91 Å². The first-order valence-electron chi connectivity index (χ1n) is 6.74. The van der Waals surface area contributed by atoms with Crippen LogP contribution in [0, 0.1) is 6.92 Å². The lowest BCUT2D eigenvalue weighted by Gasteiger charge is -2.08. The van der Waals surface area contributed by atoms with E-state index in [4.69, 9.17) is 22.1 Å². The number of nitrogens with one attached hydrogen (secondary N) is 1. The molecule has 0 bridgehead atoms. The minimum absolute atomic E-state index is 0.175. The number of nitrogens with two attached hydrogens (primary N) is 1. The molecule has 3 N–H and O–H groups in total. The van der Waals surface area contributed by atoms with Crippen molar-refractivity contribution in [3.63, 3.8) is 0 Å². The monoisotopic (exact) mass is 339 g/mol. The number of benzene rings is 1. The number of carbonyl (C=O) groups excluding carboxylic acids is 1. The molecular weight excluding hydrogens is 322 g/mol. The minimum atomic E-state index is -0.698. The Hall–Kier alpha value is -1.47. The number of anilines is 1. The number of carbonyl (C=O) groups is 1. The number of ether oxygens (including phenoxy) is 1. The summed E-state index contributed by atoms with van der Waals surface area (Å²) < 4.78 is 4.86. The Bertz CT molecular complexity index is 660. The number of nitrogens with zero attached hydrogens (tertiary/aromatic N) is 1. The number of aromatic nitrogens is 1. The Morgan fingerprint density at radius 3 is 3.00 bits per heavy atom. The largest absolute Gasteiger partial charge is 0.383 e. The molecule has 2 rings (SSSR count). The fourth-order valence-electron chi connectivity index (χ4n) is 1.95. The Balaban J connectivity index is 2.01. The van der Waals surface area contributed by atoms with Crippen LogP contribution in [0.2, 0.25) is 5.02 Å². The molecule has 7 heteroatoms. The predicted molar refractivity (Wildman–Crippen MR) is 89.6 cm³/mol. The molecule has 1 unspecified atom stereocenters. The van der Waals surface area contributed by atoms with Gasteiger partial charge in [0.15, 0.2) is 5.13 Å². The van der Waals surface area contributed by atoms with E-state index in [0.29, 0.717) is 5.13 Å². The number of hydrogen-bond acceptors (Lipinski definition) is 5. The van der Waals surface area contributed by atoms with E-state index in [1.54, 1.807) is 6.20 Å². The van der Waals surface area contributed by atoms with Crippen LogP contribution in [0.4, 0.5) is 5.13 Å². The molecule has 0 aliphatic carbocycles. The summed E-state index contributed by atoms with van der Waals surface area (Å²) in [4.78, 5) is 17.1. The van der Waals surface area contributed by atoms with E-state index in [2.05, 4.69) is 10.3 Å². The molecule has 0 aliphatic rings. The fourth-order valence-corrected chi connectivity index (χ4v) is 3.01. The SMILES string of the molecule is COCC(N)C(=O)Nc1ncc(Cc2ccc(Cl)cc2C)s1. The maximum atomic E-state index is 11.8. The van der Waals surface area contributed by atoms with Gasteiger partial charge in [0.1, 0.15) is 6.04 Å². The summed E-state index contributed by atoms with van der Waals surface area (Å²) in [6.07, 6.45) is 2.51. The molecule has 0 spiro atoms. The van der Waals surface area contributed by atoms with Crippen molar-refractivity contribution >= 4 is 34.0 Å². The van der Waals surface area contributed by atoms with E-state index in [0.717, 1.165) is 21.9 Å². The first-order valence-corrected chi connectivity index (χ1v) is 7.94. The average molecular weight is 340 g/mol. The maximum Gasteiger partial charge on any atom is 0.245 e. The van der Waals surface area contributed by atoms with Gasteiger partial charge in [-0.3, -0.25) is 4.79 Å². The van der Waals surface area contributed by atoms with Crippen LogP contribution >= 0.6 is 22.9 Å². The molecule has 0 fully saturated rings. The zero-order valence-electron chi connectivity index (χ0n) is 12.4. The molecule has 22 heavy (non-hydrogen) atoms. The third kappa shape index (κ3) is 4.51. The summed E-state index contributed by atoms with van der Waals surface area (Å²) >= 11 is 7.39. The van der Waals surface area contributed by atoms with Crippen molar-refractivity contribution in [2.24, 2.45) is 5.73 Å². The second-order valence-electron chi connectivity index (χ2n) is 4.93. The van der Waals surface area contributed by atoms with E-state index >= 15 is 0 Å². The lowest BCUT2D eigenvalue weighted by atomic mass is 10.1. The van der Waals surface area contributed by atoms with Gasteiger partial charge in [-0.1, -0.05) is 17.7 Å². The van der Waals surface area contributed by atoms with Crippen molar-refractivity contribution in [2.75, 3.05) is 19.0 Å². The van der Waals surface area contributed by atoms with Crippen LogP contribution in [-0.2, 0) is 16.0 Å². The third-order valence-corrected chi connectivity index (χ3v) is 4.28. The van der Waals surface area contributed by atoms with E-state index < -0.39 is 6.04 Å². The summed E-state index contributed by atoms with van der Waals surface area (Å²) in [5.74, 6) is -0.301. The van der Waals surface area contributed by atoms with Crippen molar-refractivity contribution < 1.29 is 9.53 Å². The van der Waals surface area contributed by atoms with Gasteiger partial charge in [-0.15, -0.1) is 11.3 Å². The number of aryl methyl sites for hydroxylation is 1. The third-order valence-electron chi connectivity index (χ3n) is 3.14. The highest BCUT2D eigenvalue weighted by Crippen LogP contribution is 2.24. The number of thiazole rings is 1. The molecule has 0 saturated heterocycles. The number of rotatable bonds is 6. The van der Waals surface area contributed by atoms with Gasteiger partial charge in [0, 0.05) is 29.6 Å². The first kappa shape index (κ1) is 16.9. The Kier molecular flexibility index (Phi) is 5.90. The highest BCUT2D eigenvalue weighted by atomic mass is 35.5. The molecule has 5 nitrogen and oxygen atoms in total. The average Bonchev–Trinajstić information content (AvgIpc) is 2.89. The van der Waals surface area contributed by atoms with Gasteiger partial charge in [0.05, 0.1) is 6.61 Å². The van der Waals surface area contributed by atoms with Crippen LogP contribution < -0.4 is 11.1 Å². The van der Waals surface area contributed by atoms with Crippen molar-refractivity contribution in [2.45, 2.75) is 19.4 Å². The van der Waals surface area contributed by atoms with Gasteiger partial charge in [0.25, 0.3) is 0 Å². The van der Waals surface area contributed by atoms with Gasteiger partial charge in [-0.25, -0.2) is 4.98 Å². The van der Waals surface area contributed by atoms with Crippen LogP contribution in [0.5, 0.6) is 0 Å². The number of halogens is 1. The lowest BCUT2D eigenvalue weighted by Crippen LogP contribution is -2.39. The van der Waals surface area contributed by atoms with Gasteiger partial charge in [-0.05, 0) is 30.2 Å². The van der Waals surface area contributed by atoms with Gasteiger partial charge >= 0.3 is 0 Å². The predicted octanol–water partition coefficient (Wildman–Crippen LogP) is 2.61. The second kappa shape index (κ2) is 7.69. The van der Waals surface area contributed by atoms with E-state index in [-0.39, 0.29) is 12.5 Å². The van der Waals surface area contributed by atoms with Crippen LogP contribution in [0.1, 0.15) is 16.0 Å². The normalized spacial score (nSPS) is 12.2. The molecule has 0 aliphatic heterocycles. The topological polar surface area (TPSA) is 77.2 Å². The molecule has 1 aromatic heterocycles. The van der Waals surface area contributed by atoms with Crippen LogP contribution in [0.25, 0.3) is 0 Å². The molecule has 0 saturated carbocycles. The summed E-state index contributed by atoms with van der Waals surface area (Å²) in [5, 5.41) is 3.97.